The number of benzene rings is 2. The molecule has 228 valence electrons. The lowest BCUT2D eigenvalue weighted by Crippen LogP contribution is -2.62. The molecule has 42 heavy (non-hydrogen) atoms. The highest BCUT2D eigenvalue weighted by atomic mass is 16.7. The van der Waals surface area contributed by atoms with Gasteiger partial charge in [-0.25, -0.2) is 0 Å². The van der Waals surface area contributed by atoms with Crippen LogP contribution in [-0.2, 0) is 14.2 Å². The predicted octanol–water partition coefficient (Wildman–Crippen LogP) is -2.08. The van der Waals surface area contributed by atoms with Gasteiger partial charge in [-0.3, -0.25) is 4.79 Å². The molecule has 0 unspecified atom stereocenters. The molecule has 10 atom stereocenters. The number of hydrogen-bond donors (Lipinski definition) is 10. The number of hydrogen-bond acceptors (Lipinski definition) is 15. The maximum atomic E-state index is 13.1. The van der Waals surface area contributed by atoms with Crippen LogP contribution in [0.25, 0.3) is 22.3 Å². The first kappa shape index (κ1) is 30.1. The zero-order valence-corrected chi connectivity index (χ0v) is 21.7. The summed E-state index contributed by atoms with van der Waals surface area (Å²) in [6.45, 7) is -1.61. The van der Waals surface area contributed by atoms with Crippen molar-refractivity contribution in [2.75, 3.05) is 13.2 Å². The third-order valence-corrected chi connectivity index (χ3v) is 7.44. The fraction of sp³-hybridized carbons (Fsp3) is 0.444. The molecular formula is C27H30O15. The Bertz CT molecular complexity index is 1470. The molecule has 2 aliphatic heterocycles. The average molecular weight is 595 g/mol. The van der Waals surface area contributed by atoms with Crippen LogP contribution >= 0.6 is 0 Å². The lowest BCUT2D eigenvalue weighted by atomic mass is 9.89. The molecule has 0 amide bonds. The standard InChI is InChI=1S/C27H30O15/c28-7-15-20(35)22(37)26(42-27-23(38)21(36)19(34)16(8-29)41-27)25(40-15)18-12(32)5-11(31)17-13(33)6-14(39-24(17)18)9-1-3-10(30)4-2-9/h1-6,15-16,19-23,25-32,34-38H,7-8H2/t15-,16-,19+,20+,21+,22+,23+,25-,26-,27-/m0/s1. The Morgan fingerprint density at radius 3 is 2.00 bits per heavy atom. The number of ether oxygens (including phenoxy) is 3. The van der Waals surface area contributed by atoms with E-state index in [0.29, 0.717) is 5.56 Å². The number of fused-ring (bicyclic) bond motifs is 1. The fourth-order valence-electron chi connectivity index (χ4n) is 5.17. The lowest BCUT2D eigenvalue weighted by Gasteiger charge is -2.46. The minimum absolute atomic E-state index is 0.0553. The van der Waals surface area contributed by atoms with Gasteiger partial charge in [0, 0.05) is 17.7 Å². The second-order valence-corrected chi connectivity index (χ2v) is 10.1. The van der Waals surface area contributed by atoms with E-state index in [2.05, 4.69) is 0 Å². The van der Waals surface area contributed by atoms with E-state index in [1.54, 1.807) is 0 Å². The normalized spacial score (nSPS) is 33.6. The van der Waals surface area contributed by atoms with Gasteiger partial charge in [0.1, 0.15) is 83.3 Å². The summed E-state index contributed by atoms with van der Waals surface area (Å²) in [5, 5.41) is 103. The van der Waals surface area contributed by atoms with Crippen LogP contribution in [0.3, 0.4) is 0 Å². The average Bonchev–Trinajstić information content (AvgIpc) is 2.96. The molecule has 5 rings (SSSR count). The van der Waals surface area contributed by atoms with Crippen molar-refractivity contribution >= 4 is 11.0 Å². The van der Waals surface area contributed by atoms with E-state index in [4.69, 9.17) is 18.6 Å². The molecule has 15 heteroatoms. The minimum Gasteiger partial charge on any atom is -0.508 e. The molecule has 3 heterocycles. The summed E-state index contributed by atoms with van der Waals surface area (Å²) < 4.78 is 22.9. The molecule has 2 aromatic carbocycles. The number of phenols is 3. The highest BCUT2D eigenvalue weighted by molar-refractivity contribution is 5.89. The molecule has 2 aliphatic rings. The molecule has 0 aliphatic carbocycles. The van der Waals surface area contributed by atoms with Gasteiger partial charge in [-0.15, -0.1) is 0 Å². The Kier molecular flexibility index (Phi) is 8.41. The summed E-state index contributed by atoms with van der Waals surface area (Å²) in [6.07, 6.45) is -17.3. The zero-order chi connectivity index (χ0) is 30.5. The maximum absolute atomic E-state index is 13.1. The first-order chi connectivity index (χ1) is 20.0. The Balaban J connectivity index is 1.66. The van der Waals surface area contributed by atoms with Gasteiger partial charge in [0.25, 0.3) is 0 Å². The van der Waals surface area contributed by atoms with Gasteiger partial charge in [0.2, 0.25) is 0 Å². The fourth-order valence-corrected chi connectivity index (χ4v) is 5.17. The minimum atomic E-state index is -1.92. The number of aromatic hydroxyl groups is 3. The Morgan fingerprint density at radius 2 is 1.36 bits per heavy atom. The van der Waals surface area contributed by atoms with Gasteiger partial charge >= 0.3 is 0 Å². The third-order valence-electron chi connectivity index (χ3n) is 7.44. The molecule has 0 bridgehead atoms. The molecular weight excluding hydrogens is 564 g/mol. The van der Waals surface area contributed by atoms with Crippen LogP contribution in [0.15, 0.2) is 45.6 Å². The van der Waals surface area contributed by atoms with E-state index in [9.17, 15) is 55.9 Å². The smallest absolute Gasteiger partial charge is 0.197 e. The van der Waals surface area contributed by atoms with Crippen LogP contribution in [0.1, 0.15) is 11.7 Å². The monoisotopic (exact) mass is 594 g/mol. The summed E-state index contributed by atoms with van der Waals surface area (Å²) in [4.78, 5) is 13.1. The largest absolute Gasteiger partial charge is 0.508 e. The van der Waals surface area contributed by atoms with Gasteiger partial charge in [-0.2, -0.15) is 0 Å². The summed E-state index contributed by atoms with van der Waals surface area (Å²) in [5.74, 6) is -1.50. The molecule has 1 aromatic heterocycles. The van der Waals surface area contributed by atoms with Crippen molar-refractivity contribution in [1.82, 2.24) is 0 Å². The van der Waals surface area contributed by atoms with Crippen LogP contribution in [0.2, 0.25) is 0 Å². The Morgan fingerprint density at radius 1 is 0.738 bits per heavy atom. The molecule has 2 fully saturated rings. The predicted molar refractivity (Wildman–Crippen MR) is 138 cm³/mol. The van der Waals surface area contributed by atoms with Crippen LogP contribution in [-0.4, -0.2) is 119 Å². The van der Waals surface area contributed by atoms with Crippen molar-refractivity contribution in [2.24, 2.45) is 0 Å². The van der Waals surface area contributed by atoms with Gasteiger partial charge in [-0.1, -0.05) is 0 Å². The van der Waals surface area contributed by atoms with E-state index in [0.717, 1.165) is 12.1 Å². The number of phenolic OH excluding ortho intramolecular Hbond substituents is 3. The van der Waals surface area contributed by atoms with E-state index in [1.165, 1.54) is 24.3 Å². The molecule has 2 saturated heterocycles. The Labute approximate surface area is 236 Å². The van der Waals surface area contributed by atoms with Crippen molar-refractivity contribution in [2.45, 2.75) is 61.2 Å². The molecule has 0 saturated carbocycles. The van der Waals surface area contributed by atoms with Crippen LogP contribution in [0, 0.1) is 0 Å². The molecule has 0 radical (unpaired) electrons. The topological polar surface area (TPSA) is 260 Å². The summed E-state index contributed by atoms with van der Waals surface area (Å²) >= 11 is 0. The Hall–Kier alpha value is -3.35. The van der Waals surface area contributed by atoms with Crippen molar-refractivity contribution in [3.8, 4) is 28.6 Å². The van der Waals surface area contributed by atoms with Crippen molar-refractivity contribution in [3.63, 3.8) is 0 Å². The molecule has 3 aromatic rings. The molecule has 10 N–H and O–H groups in total. The van der Waals surface area contributed by atoms with Crippen LogP contribution in [0.5, 0.6) is 17.2 Å². The summed E-state index contributed by atoms with van der Waals surface area (Å²) in [5.41, 5.74) is -1.21. The highest BCUT2D eigenvalue weighted by Crippen LogP contribution is 2.45. The van der Waals surface area contributed by atoms with Crippen LogP contribution < -0.4 is 5.43 Å². The maximum Gasteiger partial charge on any atom is 0.197 e. The lowest BCUT2D eigenvalue weighted by molar-refractivity contribution is -0.342. The number of aliphatic hydroxyl groups excluding tert-OH is 7. The second-order valence-electron chi connectivity index (χ2n) is 10.1. The van der Waals surface area contributed by atoms with E-state index in [-0.39, 0.29) is 17.1 Å². The third kappa shape index (κ3) is 5.20. The highest BCUT2D eigenvalue weighted by Gasteiger charge is 2.52. The second kappa shape index (κ2) is 11.7. The van der Waals surface area contributed by atoms with E-state index < -0.39 is 102 Å². The molecule has 15 nitrogen and oxygen atoms in total. The van der Waals surface area contributed by atoms with Crippen molar-refractivity contribution in [3.05, 3.63) is 52.2 Å². The number of rotatable bonds is 6. The SMILES string of the molecule is O=c1cc(-c2ccc(O)cc2)oc2c([C@@H]3O[C@@H](CO)[C@@H](O)[C@@H](O)[C@@H]3O[C@@H]3O[C@@H](CO)[C@@H](O)[C@@H](O)[C@H]3O)c(O)cc(O)c12. The van der Waals surface area contributed by atoms with Crippen LogP contribution in [0.4, 0.5) is 0 Å². The van der Waals surface area contributed by atoms with E-state index in [1.807, 2.05) is 0 Å². The van der Waals surface area contributed by atoms with Gasteiger partial charge in [-0.05, 0) is 24.3 Å². The quantitative estimate of drug-likeness (QED) is 0.147. The zero-order valence-electron chi connectivity index (χ0n) is 21.7. The van der Waals surface area contributed by atoms with E-state index >= 15 is 0 Å². The number of aliphatic hydroxyl groups is 7. The van der Waals surface area contributed by atoms with Gasteiger partial charge in [0.15, 0.2) is 17.3 Å². The van der Waals surface area contributed by atoms with Crippen molar-refractivity contribution in [1.29, 1.82) is 0 Å². The first-order valence-corrected chi connectivity index (χ1v) is 12.9. The van der Waals surface area contributed by atoms with Gasteiger partial charge in [0.05, 0.1) is 18.8 Å². The first-order valence-electron chi connectivity index (χ1n) is 12.9. The van der Waals surface area contributed by atoms with Gasteiger partial charge < -0.3 is 69.7 Å². The summed E-state index contributed by atoms with van der Waals surface area (Å²) in [6, 6.07) is 7.41. The van der Waals surface area contributed by atoms with Crippen molar-refractivity contribution < 1.29 is 69.7 Å². The molecule has 0 spiro atoms. The summed E-state index contributed by atoms with van der Waals surface area (Å²) in [7, 11) is 0.